The minimum atomic E-state index is -4.71. The van der Waals surface area contributed by atoms with Crippen LogP contribution in [0.1, 0.15) is 24.8 Å². The second kappa shape index (κ2) is 7.83. The molecule has 1 atom stereocenters. The van der Waals surface area contributed by atoms with Crippen LogP contribution in [-0.4, -0.2) is 31.9 Å². The van der Waals surface area contributed by atoms with Gasteiger partial charge >= 0.3 is 6.36 Å². The average molecular weight is 379 g/mol. The maximum absolute atomic E-state index is 12.4. The van der Waals surface area contributed by atoms with Crippen LogP contribution in [0.3, 0.4) is 0 Å². The average Bonchev–Trinajstić information content (AvgIpc) is 3.21. The largest absolute Gasteiger partial charge is 0.573 e. The molecule has 3 rings (SSSR count). The molecule has 1 amide bonds. The van der Waals surface area contributed by atoms with Crippen LogP contribution in [0.15, 0.2) is 24.3 Å². The topological polar surface area (TPSA) is 50.4 Å². The van der Waals surface area contributed by atoms with Gasteiger partial charge in [-0.15, -0.1) is 25.6 Å². The molecule has 2 N–H and O–H groups in total. The first-order valence-electron chi connectivity index (χ1n) is 8.22. The van der Waals surface area contributed by atoms with E-state index >= 15 is 0 Å². The van der Waals surface area contributed by atoms with Gasteiger partial charge in [0.15, 0.2) is 0 Å². The van der Waals surface area contributed by atoms with Gasteiger partial charge in [0.1, 0.15) is 5.75 Å². The summed E-state index contributed by atoms with van der Waals surface area (Å²) < 4.78 is 41.2. The molecule has 1 spiro atoms. The van der Waals surface area contributed by atoms with Crippen molar-refractivity contribution in [1.29, 1.82) is 0 Å². The summed E-state index contributed by atoms with van der Waals surface area (Å²) in [7, 11) is 0. The zero-order chi connectivity index (χ0) is 17.2. The number of alkyl halides is 3. The Balaban J connectivity index is 0.00000225. The summed E-state index contributed by atoms with van der Waals surface area (Å²) in [6, 6.07) is 6.02. The molecule has 140 valence electrons. The number of ether oxygens (including phenoxy) is 1. The van der Waals surface area contributed by atoms with Gasteiger partial charge in [-0.05, 0) is 55.8 Å². The van der Waals surface area contributed by atoms with Gasteiger partial charge in [0.25, 0.3) is 0 Å². The van der Waals surface area contributed by atoms with Crippen LogP contribution in [0.2, 0.25) is 0 Å². The Morgan fingerprint density at radius 2 is 1.96 bits per heavy atom. The molecule has 1 aliphatic carbocycles. The number of carbonyl (C=O) groups is 1. The lowest BCUT2D eigenvalue weighted by molar-refractivity contribution is -0.274. The maximum Gasteiger partial charge on any atom is 0.573 e. The molecule has 1 aromatic rings. The highest BCUT2D eigenvalue weighted by atomic mass is 35.5. The molecule has 1 heterocycles. The van der Waals surface area contributed by atoms with Crippen molar-refractivity contribution in [2.45, 2.75) is 32.0 Å². The zero-order valence-corrected chi connectivity index (χ0v) is 14.5. The number of hydrogen-bond acceptors (Lipinski definition) is 3. The van der Waals surface area contributed by atoms with E-state index in [0.29, 0.717) is 18.5 Å². The molecular formula is C17H22ClF3N2O2. The predicted molar refractivity (Wildman–Crippen MR) is 89.7 cm³/mol. The third-order valence-electron chi connectivity index (χ3n) is 5.00. The molecule has 0 bridgehead atoms. The number of amides is 1. The van der Waals surface area contributed by atoms with E-state index in [1.165, 1.54) is 12.1 Å². The third-order valence-corrected chi connectivity index (χ3v) is 5.00. The molecule has 1 aromatic carbocycles. The number of rotatable bonds is 5. The number of carbonyl (C=O) groups excluding carboxylic acids is 1. The van der Waals surface area contributed by atoms with Crippen molar-refractivity contribution in [1.82, 2.24) is 10.6 Å². The lowest BCUT2D eigenvalue weighted by Crippen LogP contribution is -2.34. The van der Waals surface area contributed by atoms with Gasteiger partial charge in [0, 0.05) is 12.5 Å². The van der Waals surface area contributed by atoms with Crippen molar-refractivity contribution in [3.05, 3.63) is 29.8 Å². The summed E-state index contributed by atoms with van der Waals surface area (Å²) in [5.74, 6) is -0.132. The normalized spacial score (nSPS) is 21.3. The minimum absolute atomic E-state index is 0. The first kappa shape index (κ1) is 19.8. The minimum Gasteiger partial charge on any atom is -0.406 e. The van der Waals surface area contributed by atoms with E-state index in [4.69, 9.17) is 0 Å². The first-order valence-corrected chi connectivity index (χ1v) is 8.22. The van der Waals surface area contributed by atoms with Crippen LogP contribution >= 0.6 is 12.4 Å². The number of hydrogen-bond donors (Lipinski definition) is 2. The lowest BCUT2D eigenvalue weighted by atomic mass is 9.92. The van der Waals surface area contributed by atoms with Gasteiger partial charge in [-0.3, -0.25) is 4.79 Å². The molecule has 25 heavy (non-hydrogen) atoms. The molecule has 0 radical (unpaired) electrons. The first-order chi connectivity index (χ1) is 11.4. The highest BCUT2D eigenvalue weighted by Crippen LogP contribution is 2.58. The lowest BCUT2D eigenvalue weighted by Gasteiger charge is -2.23. The number of benzene rings is 1. The fourth-order valence-electron chi connectivity index (χ4n) is 3.57. The van der Waals surface area contributed by atoms with E-state index in [1.54, 1.807) is 12.1 Å². The standard InChI is InChI=1S/C17H21F3N2O2.ClH/c18-17(19,20)24-14-4-2-1-3-12(14)5-8-22-15(23)13-11-16(13)6-9-21-10-7-16;/h1-4,13,21H,5-11H2,(H,22,23);1H. The second-order valence-electron chi connectivity index (χ2n) is 6.57. The van der Waals surface area contributed by atoms with Crippen LogP contribution in [0, 0.1) is 11.3 Å². The Kier molecular flexibility index (Phi) is 6.21. The van der Waals surface area contributed by atoms with Crippen LogP contribution in [0.5, 0.6) is 5.75 Å². The highest BCUT2D eigenvalue weighted by Gasteiger charge is 2.57. The molecule has 1 aliphatic heterocycles. The summed E-state index contributed by atoms with van der Waals surface area (Å²) in [6.07, 6.45) is -1.44. The molecule has 8 heteroatoms. The number of nitrogens with one attached hydrogen (secondary N) is 2. The van der Waals surface area contributed by atoms with E-state index in [2.05, 4.69) is 15.4 Å². The third kappa shape index (κ3) is 5.01. The van der Waals surface area contributed by atoms with Gasteiger partial charge in [-0.25, -0.2) is 0 Å². The van der Waals surface area contributed by atoms with E-state index in [1.807, 2.05) is 0 Å². The quantitative estimate of drug-likeness (QED) is 0.828. The van der Waals surface area contributed by atoms with E-state index in [0.717, 1.165) is 32.4 Å². The van der Waals surface area contributed by atoms with Crippen LogP contribution in [-0.2, 0) is 11.2 Å². The second-order valence-corrected chi connectivity index (χ2v) is 6.57. The fourth-order valence-corrected chi connectivity index (χ4v) is 3.57. The Labute approximate surface area is 150 Å². The molecule has 1 saturated heterocycles. The summed E-state index contributed by atoms with van der Waals surface area (Å²) in [5, 5.41) is 6.15. The molecule has 0 aromatic heterocycles. The maximum atomic E-state index is 12.4. The van der Waals surface area contributed by atoms with Crippen molar-refractivity contribution in [2.24, 2.45) is 11.3 Å². The van der Waals surface area contributed by atoms with Crippen molar-refractivity contribution < 1.29 is 22.7 Å². The highest BCUT2D eigenvalue weighted by molar-refractivity contribution is 5.85. The van der Waals surface area contributed by atoms with Crippen LogP contribution in [0.4, 0.5) is 13.2 Å². The van der Waals surface area contributed by atoms with Crippen molar-refractivity contribution in [3.8, 4) is 5.75 Å². The summed E-state index contributed by atoms with van der Waals surface area (Å²) in [6.45, 7) is 2.21. The molecule has 1 unspecified atom stereocenters. The zero-order valence-electron chi connectivity index (χ0n) is 13.7. The van der Waals surface area contributed by atoms with Crippen molar-refractivity contribution in [3.63, 3.8) is 0 Å². The van der Waals surface area contributed by atoms with E-state index in [-0.39, 0.29) is 35.4 Å². The molecule has 4 nitrogen and oxygen atoms in total. The van der Waals surface area contributed by atoms with Crippen LogP contribution < -0.4 is 15.4 Å². The predicted octanol–water partition coefficient (Wildman–Crippen LogP) is 3.06. The number of halogens is 4. The van der Waals surface area contributed by atoms with Crippen molar-refractivity contribution >= 4 is 18.3 Å². The van der Waals surface area contributed by atoms with Crippen molar-refractivity contribution in [2.75, 3.05) is 19.6 Å². The Hall–Kier alpha value is -1.47. The van der Waals surface area contributed by atoms with E-state index in [9.17, 15) is 18.0 Å². The van der Waals surface area contributed by atoms with Gasteiger partial charge in [0.2, 0.25) is 5.91 Å². The summed E-state index contributed by atoms with van der Waals surface area (Å²) in [4.78, 5) is 12.2. The Morgan fingerprint density at radius 3 is 2.64 bits per heavy atom. The molecular weight excluding hydrogens is 357 g/mol. The SMILES string of the molecule is Cl.O=C(NCCc1ccccc1OC(F)(F)F)C1CC12CCNCC2. The number of para-hydroxylation sites is 1. The van der Waals surface area contributed by atoms with Crippen LogP contribution in [0.25, 0.3) is 0 Å². The van der Waals surface area contributed by atoms with E-state index < -0.39 is 6.36 Å². The van der Waals surface area contributed by atoms with Gasteiger partial charge in [-0.1, -0.05) is 18.2 Å². The molecule has 1 saturated carbocycles. The molecule has 2 aliphatic rings. The molecule has 2 fully saturated rings. The van der Waals surface area contributed by atoms with Gasteiger partial charge in [-0.2, -0.15) is 0 Å². The summed E-state index contributed by atoms with van der Waals surface area (Å²) >= 11 is 0. The van der Waals surface area contributed by atoms with Gasteiger partial charge in [0.05, 0.1) is 0 Å². The summed E-state index contributed by atoms with van der Waals surface area (Å²) in [5.41, 5.74) is 0.592. The Morgan fingerprint density at radius 1 is 1.28 bits per heavy atom. The Bertz CT molecular complexity index is 604. The smallest absolute Gasteiger partial charge is 0.406 e. The van der Waals surface area contributed by atoms with Gasteiger partial charge < -0.3 is 15.4 Å². The monoisotopic (exact) mass is 378 g/mol. The number of piperidine rings is 1. The fraction of sp³-hybridized carbons (Fsp3) is 0.588.